The summed E-state index contributed by atoms with van der Waals surface area (Å²) >= 11 is 0. The van der Waals surface area contributed by atoms with Gasteiger partial charge >= 0.3 is 47.5 Å². The molecule has 2 aliphatic heterocycles. The number of hydrogen-bond donors (Lipinski definition) is 1. The fourth-order valence-corrected chi connectivity index (χ4v) is 6.75. The van der Waals surface area contributed by atoms with Crippen molar-refractivity contribution in [2.75, 3.05) is 31.7 Å². The van der Waals surface area contributed by atoms with Crippen molar-refractivity contribution in [2.45, 2.75) is 136 Å². The molecule has 4 rings (SSSR count). The first-order valence-electron chi connectivity index (χ1n) is 19.7. The van der Waals surface area contributed by atoms with Crippen LogP contribution in [0.1, 0.15) is 74.1 Å². The second-order valence-corrected chi connectivity index (χ2v) is 14.2. The molecule has 0 radical (unpaired) electrons. The zero-order valence-electron chi connectivity index (χ0n) is 35.5. The number of anilines is 1. The maximum absolute atomic E-state index is 12.7. The van der Waals surface area contributed by atoms with Crippen LogP contribution in [0.4, 0.5) is 11.4 Å². The Morgan fingerprint density at radius 2 is 1.08 bits per heavy atom. The van der Waals surface area contributed by atoms with Crippen molar-refractivity contribution in [1.82, 2.24) is 10.3 Å². The van der Waals surface area contributed by atoms with Gasteiger partial charge in [-0.15, -0.1) is 0 Å². The van der Waals surface area contributed by atoms with E-state index in [-0.39, 0.29) is 23.3 Å². The molecule has 0 bridgehead atoms. The third-order valence-corrected chi connectivity index (χ3v) is 9.15. The Morgan fingerprint density at radius 3 is 1.63 bits per heavy atom. The van der Waals surface area contributed by atoms with Crippen LogP contribution < -0.4 is 5.32 Å². The minimum atomic E-state index is -1.82. The molecule has 2 fully saturated rings. The summed E-state index contributed by atoms with van der Waals surface area (Å²) in [6, 6.07) is 2.81. The highest BCUT2D eigenvalue weighted by atomic mass is 16.8. The number of carbonyl (C=O) groups is 7. The Balaban J connectivity index is 1.55. The third kappa shape index (κ3) is 14.5. The van der Waals surface area contributed by atoms with Crippen LogP contribution >= 0.6 is 0 Å². The van der Waals surface area contributed by atoms with Gasteiger partial charge in [0.2, 0.25) is 5.52 Å². The molecule has 0 saturated carbocycles. The molecule has 2 saturated heterocycles. The molecule has 0 amide bonds. The lowest BCUT2D eigenvalue weighted by Gasteiger charge is -2.48. The van der Waals surface area contributed by atoms with Crippen molar-refractivity contribution in [3.05, 3.63) is 22.2 Å². The van der Waals surface area contributed by atoms with E-state index in [0.717, 1.165) is 48.5 Å². The summed E-state index contributed by atoms with van der Waals surface area (Å²) in [5, 5.41) is 21.8. The summed E-state index contributed by atoms with van der Waals surface area (Å²) in [4.78, 5) is 97.0. The van der Waals surface area contributed by atoms with Crippen molar-refractivity contribution in [2.24, 2.45) is 0 Å². The van der Waals surface area contributed by atoms with Gasteiger partial charge in [-0.1, -0.05) is 12.8 Å². The molecule has 0 spiro atoms. The monoisotopic (exact) mass is 898 g/mol. The topological polar surface area (TPSA) is 315 Å². The first-order chi connectivity index (χ1) is 29.9. The van der Waals surface area contributed by atoms with Gasteiger partial charge in [0.1, 0.15) is 31.5 Å². The number of aromatic nitrogens is 2. The highest BCUT2D eigenvalue weighted by Gasteiger charge is 2.57. The summed E-state index contributed by atoms with van der Waals surface area (Å²) in [7, 11) is 0. The smallest absolute Gasteiger partial charge is 0.303 e. The van der Waals surface area contributed by atoms with Gasteiger partial charge in [-0.25, -0.2) is 4.63 Å². The largest absolute Gasteiger partial charge is 0.463 e. The van der Waals surface area contributed by atoms with Crippen LogP contribution in [-0.4, -0.2) is 145 Å². The number of esters is 7. The summed E-state index contributed by atoms with van der Waals surface area (Å²) in [5.74, 6) is -5.96. The maximum Gasteiger partial charge on any atom is 0.303 e. The number of nitro benzene ring substituents is 1. The standard InChI is InChI=1S/C38H50N4O21/c1-18(43)53-16-27-31(55-20(3)45)33(56-21(4)46)36(59-24(7)49)38(61-27)62-32-28(17-54-19(2)44)60-37(35(58-23(6)48)34(32)57-22(5)47)52-15-11-9-8-10-14-39-25-12-13-26(42(50)51)30-29(25)40-63-41-30/h12-13,27-28,31-39H,8-11,14-17H2,1-7H3/t27-,28-,31+,32-,33+,34+,35-,36-,37-,38+/m1/s1. The number of fused-ring (bicyclic) bond motifs is 1. The van der Waals surface area contributed by atoms with E-state index in [1.807, 2.05) is 0 Å². The van der Waals surface area contributed by atoms with Crippen LogP contribution in [-0.2, 0) is 85.7 Å². The lowest BCUT2D eigenvalue weighted by molar-refractivity contribution is -0.383. The zero-order valence-corrected chi connectivity index (χ0v) is 35.5. The second kappa shape index (κ2) is 23.4. The number of hydrogen-bond acceptors (Lipinski definition) is 24. The van der Waals surface area contributed by atoms with E-state index in [1.54, 1.807) is 0 Å². The summed E-state index contributed by atoms with van der Waals surface area (Å²) < 4.78 is 67.5. The number of nitro groups is 1. The number of carbonyl (C=O) groups excluding carboxylic acids is 7. The van der Waals surface area contributed by atoms with Gasteiger partial charge in [0, 0.05) is 67.7 Å². The SMILES string of the molecule is CC(=O)OC[C@H]1O[C@@H](O[C@H]2[C@H](OC(C)=O)[C@@H](OC(C)=O)[C@H](OCCCCCCNc3ccc([N+](=O)[O-])c4nonc34)O[C@@H]2COC(C)=O)[C@H](OC(C)=O)[C@@H](OC(C)=O)[C@H]1OC(C)=O. The van der Waals surface area contributed by atoms with E-state index in [1.165, 1.54) is 12.1 Å². The normalized spacial score (nSPS) is 25.5. The van der Waals surface area contributed by atoms with Crippen molar-refractivity contribution in [1.29, 1.82) is 0 Å². The molecule has 10 atom stereocenters. The van der Waals surface area contributed by atoms with Crippen LogP contribution in [0.15, 0.2) is 16.8 Å². The predicted octanol–water partition coefficient (Wildman–Crippen LogP) is 1.74. The number of non-ortho nitro benzene ring substituents is 1. The van der Waals surface area contributed by atoms with Crippen LogP contribution in [0.3, 0.4) is 0 Å². The van der Waals surface area contributed by atoms with Gasteiger partial charge in [-0.05, 0) is 29.2 Å². The lowest BCUT2D eigenvalue weighted by Crippen LogP contribution is -2.67. The van der Waals surface area contributed by atoms with Crippen LogP contribution in [0.5, 0.6) is 0 Å². The van der Waals surface area contributed by atoms with E-state index < -0.39 is 121 Å². The Hall–Kier alpha value is -6.05. The van der Waals surface area contributed by atoms with Gasteiger partial charge in [-0.2, -0.15) is 0 Å². The Labute approximate surface area is 358 Å². The molecule has 2 aliphatic rings. The first kappa shape index (κ1) is 49.6. The van der Waals surface area contributed by atoms with Crippen LogP contribution in [0, 0.1) is 10.1 Å². The number of ether oxygens (including phenoxy) is 11. The van der Waals surface area contributed by atoms with E-state index in [2.05, 4.69) is 15.6 Å². The first-order valence-corrected chi connectivity index (χ1v) is 19.7. The average Bonchev–Trinajstić information content (AvgIpc) is 3.68. The molecule has 0 aliphatic carbocycles. The van der Waals surface area contributed by atoms with Crippen LogP contribution in [0.25, 0.3) is 11.0 Å². The Morgan fingerprint density at radius 1 is 0.603 bits per heavy atom. The van der Waals surface area contributed by atoms with Crippen molar-refractivity contribution >= 4 is 64.2 Å². The molecule has 63 heavy (non-hydrogen) atoms. The lowest BCUT2D eigenvalue weighted by atomic mass is 9.96. The average molecular weight is 899 g/mol. The number of benzene rings is 1. The van der Waals surface area contributed by atoms with E-state index in [0.29, 0.717) is 37.9 Å². The highest BCUT2D eigenvalue weighted by molar-refractivity contribution is 5.93. The number of nitrogens with zero attached hydrogens (tertiary/aromatic N) is 3. The number of unbranched alkanes of at least 4 members (excludes halogenated alkanes) is 3. The molecule has 25 heteroatoms. The Bertz CT molecular complexity index is 1960. The quantitative estimate of drug-likeness (QED) is 0.0613. The van der Waals surface area contributed by atoms with Gasteiger partial charge < -0.3 is 57.4 Å². The molecule has 3 heterocycles. The van der Waals surface area contributed by atoms with Crippen LogP contribution in [0.2, 0.25) is 0 Å². The fourth-order valence-electron chi connectivity index (χ4n) is 6.75. The molecule has 0 unspecified atom stereocenters. The van der Waals surface area contributed by atoms with Gasteiger partial charge in [0.15, 0.2) is 48.6 Å². The van der Waals surface area contributed by atoms with Gasteiger partial charge in [0.25, 0.3) is 0 Å². The van der Waals surface area contributed by atoms with Gasteiger partial charge in [0.05, 0.1) is 10.6 Å². The molecule has 1 aromatic carbocycles. The summed E-state index contributed by atoms with van der Waals surface area (Å²) in [5.41, 5.74) is 0.506. The maximum atomic E-state index is 12.7. The Kier molecular flexibility index (Phi) is 18.4. The molecule has 348 valence electrons. The van der Waals surface area contributed by atoms with E-state index >= 15 is 0 Å². The van der Waals surface area contributed by atoms with Gasteiger partial charge in [-0.3, -0.25) is 43.7 Å². The van der Waals surface area contributed by atoms with Crippen molar-refractivity contribution < 1.29 is 95.2 Å². The summed E-state index contributed by atoms with van der Waals surface area (Å²) in [6.45, 7) is 6.81. The molecule has 25 nitrogen and oxygen atoms in total. The molecule has 1 N–H and O–H groups in total. The fraction of sp³-hybridized carbons (Fsp3) is 0.658. The van der Waals surface area contributed by atoms with Crippen molar-refractivity contribution in [3.8, 4) is 0 Å². The predicted molar refractivity (Wildman–Crippen MR) is 205 cm³/mol. The number of rotatable bonds is 21. The minimum absolute atomic E-state index is 0.0174. The highest BCUT2D eigenvalue weighted by Crippen LogP contribution is 2.36. The number of nitrogens with one attached hydrogen (secondary N) is 1. The second-order valence-electron chi connectivity index (χ2n) is 14.2. The van der Waals surface area contributed by atoms with E-state index in [9.17, 15) is 43.7 Å². The molecular formula is C38H50N4O21. The summed E-state index contributed by atoms with van der Waals surface area (Å²) in [6.07, 6.45) is -13.3. The van der Waals surface area contributed by atoms with Crippen molar-refractivity contribution in [3.63, 3.8) is 0 Å². The molecule has 2 aromatic rings. The van der Waals surface area contributed by atoms with E-state index in [4.69, 9.17) is 56.7 Å². The zero-order chi connectivity index (χ0) is 46.4. The minimum Gasteiger partial charge on any atom is -0.463 e. The third-order valence-electron chi connectivity index (χ3n) is 9.15. The molecular weight excluding hydrogens is 848 g/mol. The molecule has 1 aromatic heterocycles.